The van der Waals surface area contributed by atoms with E-state index in [1.807, 2.05) is 6.92 Å². The Morgan fingerprint density at radius 3 is 2.63 bits per heavy atom. The molecule has 0 bridgehead atoms. The lowest BCUT2D eigenvalue weighted by Gasteiger charge is -2.32. The van der Waals surface area contributed by atoms with Crippen molar-refractivity contribution in [2.24, 2.45) is 5.92 Å². The molecule has 2 nitrogen and oxygen atoms in total. The number of aryl methyl sites for hydroxylation is 1. The van der Waals surface area contributed by atoms with Gasteiger partial charge in [-0.2, -0.15) is 0 Å². The van der Waals surface area contributed by atoms with Crippen molar-refractivity contribution in [3.05, 3.63) is 35.1 Å². The summed E-state index contributed by atoms with van der Waals surface area (Å²) < 4.78 is 13.8. The third-order valence-electron chi connectivity index (χ3n) is 3.95. The molecular formula is C16H22FNO. The molecule has 0 radical (unpaired) electrons. The maximum absolute atomic E-state index is 13.8. The van der Waals surface area contributed by atoms with Crippen molar-refractivity contribution < 1.29 is 9.18 Å². The second-order valence-electron chi connectivity index (χ2n) is 5.51. The van der Waals surface area contributed by atoms with E-state index in [-0.39, 0.29) is 11.5 Å². The van der Waals surface area contributed by atoms with Crippen LogP contribution in [0.4, 0.5) is 4.39 Å². The number of nitrogens with zero attached hydrogens (tertiary/aromatic N) is 1. The molecule has 3 heteroatoms. The highest BCUT2D eigenvalue weighted by Gasteiger charge is 2.24. The van der Waals surface area contributed by atoms with Gasteiger partial charge in [0.1, 0.15) is 5.82 Å². The molecule has 1 aliphatic rings. The first-order chi connectivity index (χ1) is 9.11. The van der Waals surface area contributed by atoms with Crippen LogP contribution in [0.5, 0.6) is 0 Å². The summed E-state index contributed by atoms with van der Waals surface area (Å²) in [6, 6.07) is 4.82. The molecule has 19 heavy (non-hydrogen) atoms. The number of carbonyl (C=O) groups excluding carboxylic acids is 1. The van der Waals surface area contributed by atoms with Gasteiger partial charge < -0.3 is 4.90 Å². The number of halogens is 1. The molecule has 1 heterocycles. The molecule has 0 unspecified atom stereocenters. The van der Waals surface area contributed by atoms with Gasteiger partial charge in [0, 0.05) is 13.1 Å². The Kier molecular flexibility index (Phi) is 4.56. The van der Waals surface area contributed by atoms with Crippen LogP contribution in [0.1, 0.15) is 48.5 Å². The number of hydrogen-bond acceptors (Lipinski definition) is 1. The number of benzene rings is 1. The predicted octanol–water partition coefficient (Wildman–Crippen LogP) is 3.79. The van der Waals surface area contributed by atoms with Crippen LogP contribution in [0, 0.1) is 18.7 Å². The minimum Gasteiger partial charge on any atom is -0.339 e. The molecule has 1 aliphatic heterocycles. The molecule has 1 amide bonds. The number of piperidine rings is 1. The van der Waals surface area contributed by atoms with Crippen LogP contribution >= 0.6 is 0 Å². The third-order valence-corrected chi connectivity index (χ3v) is 3.95. The highest BCUT2D eigenvalue weighted by molar-refractivity contribution is 5.94. The number of amides is 1. The normalized spacial score (nSPS) is 16.7. The molecule has 0 saturated carbocycles. The maximum Gasteiger partial charge on any atom is 0.256 e. The average Bonchev–Trinajstić information content (AvgIpc) is 2.39. The highest BCUT2D eigenvalue weighted by Crippen LogP contribution is 2.23. The number of rotatable bonds is 3. The van der Waals surface area contributed by atoms with E-state index in [2.05, 4.69) is 6.92 Å². The number of carbonyl (C=O) groups is 1. The molecule has 2 rings (SSSR count). The van der Waals surface area contributed by atoms with E-state index in [9.17, 15) is 9.18 Å². The largest absolute Gasteiger partial charge is 0.339 e. The Morgan fingerprint density at radius 2 is 2.05 bits per heavy atom. The lowest BCUT2D eigenvalue weighted by molar-refractivity contribution is 0.0682. The summed E-state index contributed by atoms with van der Waals surface area (Å²) in [4.78, 5) is 14.1. The van der Waals surface area contributed by atoms with Crippen molar-refractivity contribution in [3.63, 3.8) is 0 Å². The first kappa shape index (κ1) is 14.0. The first-order valence-corrected chi connectivity index (χ1v) is 7.17. The van der Waals surface area contributed by atoms with Crippen molar-refractivity contribution in [1.29, 1.82) is 0 Å². The van der Waals surface area contributed by atoms with Crippen LogP contribution in [0.25, 0.3) is 0 Å². The van der Waals surface area contributed by atoms with Gasteiger partial charge in [0.2, 0.25) is 0 Å². The van der Waals surface area contributed by atoms with Crippen molar-refractivity contribution in [1.82, 2.24) is 4.90 Å². The topological polar surface area (TPSA) is 20.3 Å². The second kappa shape index (κ2) is 6.18. The van der Waals surface area contributed by atoms with Gasteiger partial charge in [0.25, 0.3) is 5.91 Å². The van der Waals surface area contributed by atoms with Crippen LogP contribution < -0.4 is 0 Å². The van der Waals surface area contributed by atoms with E-state index in [1.54, 1.807) is 17.0 Å². The third kappa shape index (κ3) is 3.34. The Bertz CT molecular complexity index is 450. The molecule has 1 aromatic rings. The van der Waals surface area contributed by atoms with Crippen molar-refractivity contribution in [2.45, 2.75) is 39.5 Å². The van der Waals surface area contributed by atoms with E-state index in [0.29, 0.717) is 0 Å². The van der Waals surface area contributed by atoms with E-state index >= 15 is 0 Å². The molecule has 0 aliphatic carbocycles. The van der Waals surface area contributed by atoms with Crippen molar-refractivity contribution >= 4 is 5.91 Å². The summed E-state index contributed by atoms with van der Waals surface area (Å²) in [5, 5.41) is 0. The van der Waals surface area contributed by atoms with Crippen LogP contribution in [-0.4, -0.2) is 23.9 Å². The molecule has 1 fully saturated rings. The van der Waals surface area contributed by atoms with Gasteiger partial charge in [0.15, 0.2) is 0 Å². The zero-order chi connectivity index (χ0) is 13.8. The molecule has 104 valence electrons. The van der Waals surface area contributed by atoms with Crippen LogP contribution in [0.15, 0.2) is 18.2 Å². The summed E-state index contributed by atoms with van der Waals surface area (Å²) in [5.41, 5.74) is 1.05. The predicted molar refractivity (Wildman–Crippen MR) is 74.7 cm³/mol. The van der Waals surface area contributed by atoms with Crippen LogP contribution in [-0.2, 0) is 0 Å². The Labute approximate surface area is 114 Å². The van der Waals surface area contributed by atoms with Gasteiger partial charge in [0.05, 0.1) is 5.56 Å². The van der Waals surface area contributed by atoms with Crippen molar-refractivity contribution in [3.8, 4) is 0 Å². The van der Waals surface area contributed by atoms with Gasteiger partial charge in [-0.3, -0.25) is 4.79 Å². The Hall–Kier alpha value is -1.38. The summed E-state index contributed by atoms with van der Waals surface area (Å²) in [6.07, 6.45) is 4.53. The van der Waals surface area contributed by atoms with Gasteiger partial charge >= 0.3 is 0 Å². The summed E-state index contributed by atoms with van der Waals surface area (Å²) >= 11 is 0. The van der Waals surface area contributed by atoms with Gasteiger partial charge in [-0.05, 0) is 43.4 Å². The van der Waals surface area contributed by atoms with Crippen molar-refractivity contribution in [2.75, 3.05) is 13.1 Å². The van der Waals surface area contributed by atoms with E-state index in [0.717, 1.165) is 37.4 Å². The highest BCUT2D eigenvalue weighted by atomic mass is 19.1. The molecule has 0 spiro atoms. The average molecular weight is 263 g/mol. The molecule has 0 atom stereocenters. The van der Waals surface area contributed by atoms with E-state index < -0.39 is 5.82 Å². The standard InChI is InChI=1S/C16H22FNO/c1-3-4-13-7-9-18(10-8-13)16(19)14-6-5-12(2)11-15(14)17/h5-6,11,13H,3-4,7-10H2,1-2H3. The van der Waals surface area contributed by atoms with E-state index in [1.165, 1.54) is 18.9 Å². The lowest BCUT2D eigenvalue weighted by Crippen LogP contribution is -2.38. The Morgan fingerprint density at radius 1 is 1.37 bits per heavy atom. The number of hydrogen-bond donors (Lipinski definition) is 0. The minimum atomic E-state index is -0.402. The smallest absolute Gasteiger partial charge is 0.256 e. The zero-order valence-electron chi connectivity index (χ0n) is 11.8. The summed E-state index contributed by atoms with van der Waals surface area (Å²) in [6.45, 7) is 5.54. The SMILES string of the molecule is CCCC1CCN(C(=O)c2ccc(C)cc2F)CC1. The fourth-order valence-electron chi connectivity index (χ4n) is 2.80. The minimum absolute atomic E-state index is 0.160. The van der Waals surface area contributed by atoms with Crippen LogP contribution in [0.2, 0.25) is 0 Å². The second-order valence-corrected chi connectivity index (χ2v) is 5.51. The van der Waals surface area contributed by atoms with E-state index in [4.69, 9.17) is 0 Å². The van der Waals surface area contributed by atoms with Gasteiger partial charge in [-0.1, -0.05) is 25.8 Å². The maximum atomic E-state index is 13.8. The molecule has 1 aromatic carbocycles. The fraction of sp³-hybridized carbons (Fsp3) is 0.562. The quantitative estimate of drug-likeness (QED) is 0.812. The summed E-state index contributed by atoms with van der Waals surface area (Å²) in [7, 11) is 0. The molecular weight excluding hydrogens is 241 g/mol. The lowest BCUT2D eigenvalue weighted by atomic mass is 9.92. The summed E-state index contributed by atoms with van der Waals surface area (Å²) in [5.74, 6) is 0.171. The van der Waals surface area contributed by atoms with Gasteiger partial charge in [-0.25, -0.2) is 4.39 Å². The zero-order valence-corrected chi connectivity index (χ0v) is 11.8. The number of likely N-dealkylation sites (tertiary alicyclic amines) is 1. The monoisotopic (exact) mass is 263 g/mol. The molecule has 0 N–H and O–H groups in total. The molecule has 0 aromatic heterocycles. The van der Waals surface area contributed by atoms with Gasteiger partial charge in [-0.15, -0.1) is 0 Å². The molecule has 1 saturated heterocycles. The Balaban J connectivity index is 2.01. The fourth-order valence-corrected chi connectivity index (χ4v) is 2.80. The van der Waals surface area contributed by atoms with Crippen LogP contribution in [0.3, 0.4) is 0 Å². The first-order valence-electron chi connectivity index (χ1n) is 7.17.